The first-order valence-corrected chi connectivity index (χ1v) is 11.5. The molecule has 0 spiro atoms. The maximum absolute atomic E-state index is 14.5. The van der Waals surface area contributed by atoms with E-state index in [0.717, 1.165) is 10.4 Å². The first-order valence-electron chi connectivity index (χ1n) is 10.1. The normalized spacial score (nSPS) is 12.2. The van der Waals surface area contributed by atoms with Crippen molar-refractivity contribution in [3.63, 3.8) is 0 Å². The van der Waals surface area contributed by atoms with Crippen molar-refractivity contribution in [3.8, 4) is 5.75 Å². The molecule has 0 aliphatic heterocycles. The molecule has 0 heterocycles. The number of nitrogens with one attached hydrogen (secondary N) is 1. The summed E-state index contributed by atoms with van der Waals surface area (Å²) in [6.07, 6.45) is 0. The molecule has 180 valence electrons. The van der Waals surface area contributed by atoms with Crippen LogP contribution in [0.1, 0.15) is 12.5 Å². The summed E-state index contributed by atoms with van der Waals surface area (Å²) in [6, 6.07) is 11.3. The van der Waals surface area contributed by atoms with Gasteiger partial charge in [0.1, 0.15) is 24.2 Å². The highest BCUT2D eigenvalue weighted by molar-refractivity contribution is 7.90. The van der Waals surface area contributed by atoms with Gasteiger partial charge in [0, 0.05) is 27.7 Å². The molecule has 1 N–H and O–H groups in total. The lowest BCUT2D eigenvalue weighted by atomic mass is 10.1. The molecule has 0 fully saturated rings. The van der Waals surface area contributed by atoms with Crippen LogP contribution in [0.4, 0.5) is 10.1 Å². The van der Waals surface area contributed by atoms with E-state index in [0.29, 0.717) is 15.6 Å². The Morgan fingerprint density at radius 1 is 1.09 bits per heavy atom. The number of nitrogens with zero attached hydrogens (tertiary/aromatic N) is 3. The Hall–Kier alpha value is -3.18. The largest absolute Gasteiger partial charge is 0.497 e. The lowest BCUT2D eigenvalue weighted by Crippen LogP contribution is -2.52. The number of rotatable bonds is 10. The number of anilines is 1. The molecule has 1 atom stereocenters. The Balaban J connectivity index is 2.45. The second kappa shape index (κ2) is 11.1. The Kier molecular flexibility index (Phi) is 8.77. The fourth-order valence-electron chi connectivity index (χ4n) is 3.07. The van der Waals surface area contributed by atoms with Crippen LogP contribution < -0.4 is 14.4 Å². The molecule has 0 bridgehead atoms. The van der Waals surface area contributed by atoms with Crippen molar-refractivity contribution >= 4 is 27.7 Å². The smallest absolute Gasteiger partial charge is 0.304 e. The van der Waals surface area contributed by atoms with Crippen molar-refractivity contribution in [2.24, 2.45) is 0 Å². The monoisotopic (exact) mass is 480 g/mol. The zero-order chi connectivity index (χ0) is 24.8. The number of hydrogen-bond acceptors (Lipinski definition) is 5. The summed E-state index contributed by atoms with van der Waals surface area (Å²) in [5.74, 6) is -1.27. The van der Waals surface area contributed by atoms with Gasteiger partial charge in [-0.3, -0.25) is 9.59 Å². The molecule has 9 nitrogen and oxygen atoms in total. The third-order valence-corrected chi connectivity index (χ3v) is 6.87. The summed E-state index contributed by atoms with van der Waals surface area (Å²) in [4.78, 5) is 27.0. The fourth-order valence-corrected chi connectivity index (χ4v) is 4.14. The van der Waals surface area contributed by atoms with Crippen LogP contribution in [-0.2, 0) is 26.3 Å². The van der Waals surface area contributed by atoms with Crippen LogP contribution in [-0.4, -0.2) is 70.3 Å². The van der Waals surface area contributed by atoms with Gasteiger partial charge in [0.2, 0.25) is 11.8 Å². The van der Waals surface area contributed by atoms with E-state index in [4.69, 9.17) is 4.74 Å². The van der Waals surface area contributed by atoms with E-state index >= 15 is 0 Å². The molecule has 33 heavy (non-hydrogen) atoms. The van der Waals surface area contributed by atoms with Gasteiger partial charge >= 0.3 is 10.2 Å². The second-order valence-corrected chi connectivity index (χ2v) is 9.47. The Morgan fingerprint density at radius 3 is 2.21 bits per heavy atom. The number of halogens is 1. The Labute approximate surface area is 193 Å². The average Bonchev–Trinajstić information content (AvgIpc) is 2.80. The van der Waals surface area contributed by atoms with Gasteiger partial charge in [-0.1, -0.05) is 24.3 Å². The van der Waals surface area contributed by atoms with Crippen LogP contribution in [0.15, 0.2) is 48.5 Å². The average molecular weight is 481 g/mol. The van der Waals surface area contributed by atoms with Gasteiger partial charge in [0.25, 0.3) is 0 Å². The molecular weight excluding hydrogens is 451 g/mol. The maximum Gasteiger partial charge on any atom is 0.304 e. The molecule has 11 heteroatoms. The highest BCUT2D eigenvalue weighted by Crippen LogP contribution is 2.24. The second-order valence-electron chi connectivity index (χ2n) is 7.41. The van der Waals surface area contributed by atoms with Crippen molar-refractivity contribution in [2.45, 2.75) is 19.5 Å². The highest BCUT2D eigenvalue weighted by Gasteiger charge is 2.33. The van der Waals surface area contributed by atoms with Crippen LogP contribution in [0.3, 0.4) is 0 Å². The molecule has 2 amide bonds. The van der Waals surface area contributed by atoms with E-state index in [1.165, 1.54) is 58.3 Å². The third kappa shape index (κ3) is 6.20. The molecule has 0 aromatic heterocycles. The number of likely N-dealkylation sites (N-methyl/N-ethyl adjacent to an activating group) is 1. The summed E-state index contributed by atoms with van der Waals surface area (Å²) < 4.78 is 47.1. The molecule has 0 aliphatic carbocycles. The van der Waals surface area contributed by atoms with Gasteiger partial charge in [-0.25, -0.2) is 8.70 Å². The summed E-state index contributed by atoms with van der Waals surface area (Å²) in [5, 5.41) is 2.49. The standard InChI is InChI=1S/C22H29FN4O5S/c1-16(22(29)24-2)26(14-17-10-12-18(32-5)13-11-17)21(28)15-27(33(30,31)25(3)4)20-9-7-6-8-19(20)23/h6-13,16H,14-15H2,1-5H3,(H,24,29)/t16-/m0/s1. The lowest BCUT2D eigenvalue weighted by molar-refractivity contribution is -0.139. The molecule has 0 radical (unpaired) electrons. The minimum absolute atomic E-state index is 0.0323. The number of ether oxygens (including phenoxy) is 1. The predicted molar refractivity (Wildman–Crippen MR) is 123 cm³/mol. The summed E-state index contributed by atoms with van der Waals surface area (Å²) in [6.45, 7) is 0.873. The quantitative estimate of drug-likeness (QED) is 0.557. The lowest BCUT2D eigenvalue weighted by Gasteiger charge is -2.32. The van der Waals surface area contributed by atoms with E-state index in [9.17, 15) is 22.4 Å². The van der Waals surface area contributed by atoms with Gasteiger partial charge in [-0.15, -0.1) is 0 Å². The van der Waals surface area contributed by atoms with Crippen molar-refractivity contribution in [2.75, 3.05) is 39.1 Å². The summed E-state index contributed by atoms with van der Waals surface area (Å²) >= 11 is 0. The van der Waals surface area contributed by atoms with Crippen LogP contribution in [0.5, 0.6) is 5.75 Å². The number of benzene rings is 2. The van der Waals surface area contributed by atoms with Crippen molar-refractivity contribution < 1.29 is 27.1 Å². The number of carbonyl (C=O) groups excluding carboxylic acids is 2. The number of hydrogen-bond donors (Lipinski definition) is 1. The molecule has 0 saturated heterocycles. The topological polar surface area (TPSA) is 99.3 Å². The van der Waals surface area contributed by atoms with Crippen LogP contribution in [0.2, 0.25) is 0 Å². The number of carbonyl (C=O) groups is 2. The first kappa shape index (κ1) is 26.1. The van der Waals surface area contributed by atoms with E-state index < -0.39 is 40.4 Å². The predicted octanol–water partition coefficient (Wildman–Crippen LogP) is 1.61. The number of amides is 2. The summed E-state index contributed by atoms with van der Waals surface area (Å²) in [7, 11) is 1.33. The van der Waals surface area contributed by atoms with E-state index in [-0.39, 0.29) is 12.2 Å². The maximum atomic E-state index is 14.5. The zero-order valence-corrected chi connectivity index (χ0v) is 20.1. The van der Waals surface area contributed by atoms with Crippen molar-refractivity contribution in [3.05, 3.63) is 59.9 Å². The minimum Gasteiger partial charge on any atom is -0.497 e. The molecule has 0 saturated carbocycles. The minimum atomic E-state index is -4.21. The van der Waals surface area contributed by atoms with E-state index in [1.807, 2.05) is 0 Å². The SMILES string of the molecule is CNC(=O)[C@H](C)N(Cc1ccc(OC)cc1)C(=O)CN(c1ccccc1F)S(=O)(=O)N(C)C. The molecule has 2 aromatic carbocycles. The molecule has 0 unspecified atom stereocenters. The molecule has 0 aliphatic rings. The first-order chi connectivity index (χ1) is 15.5. The third-order valence-electron chi connectivity index (χ3n) is 5.07. The highest BCUT2D eigenvalue weighted by atomic mass is 32.2. The molecular formula is C22H29FN4O5S. The van der Waals surface area contributed by atoms with Crippen molar-refractivity contribution in [1.82, 2.24) is 14.5 Å². The number of methoxy groups -OCH3 is 1. The van der Waals surface area contributed by atoms with E-state index in [1.54, 1.807) is 24.3 Å². The fraction of sp³-hybridized carbons (Fsp3) is 0.364. The van der Waals surface area contributed by atoms with Crippen molar-refractivity contribution in [1.29, 1.82) is 0 Å². The van der Waals surface area contributed by atoms with Gasteiger partial charge in [-0.2, -0.15) is 12.7 Å². The van der Waals surface area contributed by atoms with Gasteiger partial charge in [0.15, 0.2) is 0 Å². The number of para-hydroxylation sites is 1. The molecule has 2 rings (SSSR count). The van der Waals surface area contributed by atoms with Crippen LogP contribution >= 0.6 is 0 Å². The summed E-state index contributed by atoms with van der Waals surface area (Å²) in [5.41, 5.74) is 0.435. The van der Waals surface area contributed by atoms with Gasteiger partial charge in [0.05, 0.1) is 12.8 Å². The zero-order valence-electron chi connectivity index (χ0n) is 19.3. The Bertz CT molecular complexity index is 1080. The van der Waals surface area contributed by atoms with Gasteiger partial charge < -0.3 is 15.0 Å². The van der Waals surface area contributed by atoms with Crippen LogP contribution in [0.25, 0.3) is 0 Å². The van der Waals surface area contributed by atoms with E-state index in [2.05, 4.69) is 5.32 Å². The van der Waals surface area contributed by atoms with Gasteiger partial charge in [-0.05, 0) is 36.8 Å². The molecule has 2 aromatic rings. The Morgan fingerprint density at radius 2 is 1.70 bits per heavy atom. The van der Waals surface area contributed by atoms with Crippen LogP contribution in [0, 0.1) is 5.82 Å².